The molecular weight excluding hydrogens is 582 g/mol. The van der Waals surface area contributed by atoms with Gasteiger partial charge in [0.15, 0.2) is 11.5 Å². The van der Waals surface area contributed by atoms with Crippen molar-refractivity contribution in [3.63, 3.8) is 0 Å². The van der Waals surface area contributed by atoms with Gasteiger partial charge in [0.1, 0.15) is 11.7 Å². The van der Waals surface area contributed by atoms with Crippen LogP contribution in [-0.2, 0) is 15.6 Å². The Hall–Kier alpha value is -1.30. The third-order valence-corrected chi connectivity index (χ3v) is 17.3. The Morgan fingerprint density at radius 3 is 2.15 bits per heavy atom. The Kier molecular flexibility index (Phi) is 6.05. The lowest BCUT2D eigenvalue weighted by Crippen LogP contribution is -2.94. The first kappa shape index (κ1) is 30.5. The van der Waals surface area contributed by atoms with Crippen LogP contribution in [0.3, 0.4) is 0 Å². The lowest BCUT2D eigenvalue weighted by Gasteiger charge is -2.86. The zero-order valence-electron chi connectivity index (χ0n) is 35.5. The van der Waals surface area contributed by atoms with E-state index in [0.29, 0.717) is 18.3 Å². The number of benzene rings is 1. The minimum absolute atomic E-state index is 0.0579. The Bertz CT molecular complexity index is 1630. The summed E-state index contributed by atoms with van der Waals surface area (Å²) in [4.78, 5) is 2.91. The van der Waals surface area contributed by atoms with Gasteiger partial charge in [-0.25, -0.2) is 0 Å². The number of aliphatic hydroxyl groups is 1. The Balaban J connectivity index is 1.72. The average Bonchev–Trinajstić information content (AvgIpc) is 3.58. The van der Waals surface area contributed by atoms with E-state index < -0.39 is 46.3 Å². The van der Waals surface area contributed by atoms with Crippen molar-refractivity contribution in [3.8, 4) is 11.5 Å². The van der Waals surface area contributed by atoms with Crippen molar-refractivity contribution >= 4 is 0 Å². The van der Waals surface area contributed by atoms with Gasteiger partial charge in [0.05, 0.1) is 18.1 Å². The van der Waals surface area contributed by atoms with Crippen molar-refractivity contribution in [2.75, 3.05) is 20.8 Å². The number of piperidine rings is 1. The molecule has 0 radical (unpaired) electrons. The van der Waals surface area contributed by atoms with Crippen LogP contribution in [0, 0.1) is 59.7 Å². The first-order valence-electron chi connectivity index (χ1n) is 20.2. The summed E-state index contributed by atoms with van der Waals surface area (Å²) >= 11 is 0. The molecule has 264 valence electrons. The predicted octanol–water partition coefficient (Wildman–Crippen LogP) is 8.61. The smallest absolute Gasteiger partial charge is 0.166 e. The lowest BCUT2D eigenvalue weighted by molar-refractivity contribution is -0.392. The van der Waals surface area contributed by atoms with Gasteiger partial charge >= 0.3 is 0 Å². The summed E-state index contributed by atoms with van der Waals surface area (Å²) in [7, 11) is 3.51. The van der Waals surface area contributed by atoms with Crippen LogP contribution in [0.4, 0.5) is 0 Å². The highest BCUT2D eigenvalue weighted by molar-refractivity contribution is 5.72. The molecule has 5 heteroatoms. The van der Waals surface area contributed by atoms with Crippen molar-refractivity contribution in [2.45, 2.75) is 163 Å². The molecule has 4 bridgehead atoms. The molecule has 2 spiro atoms. The molecule has 1 aromatic rings. The van der Waals surface area contributed by atoms with E-state index in [0.717, 1.165) is 30.0 Å². The van der Waals surface area contributed by atoms with Crippen molar-refractivity contribution in [2.24, 2.45) is 45.8 Å². The Morgan fingerprint density at radius 2 is 1.64 bits per heavy atom. The summed E-state index contributed by atoms with van der Waals surface area (Å²) in [5.41, 5.74) is -1.09. The minimum atomic E-state index is -2.67. The highest BCUT2D eigenvalue weighted by Crippen LogP contribution is 2.87. The molecule has 1 N–H and O–H groups in total. The number of rotatable bonds is 7. The van der Waals surface area contributed by atoms with Gasteiger partial charge in [-0.1, -0.05) is 69.2 Å². The molecular formula is C42H67NO4. The molecule has 8 rings (SSSR count). The molecule has 5 fully saturated rings. The largest absolute Gasteiger partial charge is 0.493 e. The highest BCUT2D eigenvalue weighted by Gasteiger charge is 2.92. The van der Waals surface area contributed by atoms with E-state index in [1.54, 1.807) is 14.2 Å². The zero-order valence-corrected chi connectivity index (χ0v) is 32.5. The highest BCUT2D eigenvalue weighted by atomic mass is 16.6. The van der Waals surface area contributed by atoms with E-state index in [1.807, 2.05) is 20.8 Å². The molecule has 0 amide bonds. The van der Waals surface area contributed by atoms with Crippen molar-refractivity contribution in [1.29, 1.82) is 0 Å². The molecule has 7 aliphatic rings. The fourth-order valence-corrected chi connectivity index (χ4v) is 14.0. The number of likely N-dealkylation sites (tertiary alicyclic amines) is 1. The van der Waals surface area contributed by atoms with Crippen LogP contribution in [0.15, 0.2) is 0 Å². The maximum atomic E-state index is 13.5. The summed E-state index contributed by atoms with van der Waals surface area (Å²) in [6.45, 7) is 30.5. The topological polar surface area (TPSA) is 51.2 Å². The number of fused-ring (bicyclic) bond motifs is 2. The first-order valence-corrected chi connectivity index (χ1v) is 18.7. The van der Waals surface area contributed by atoms with E-state index in [9.17, 15) is 9.22 Å². The van der Waals surface area contributed by atoms with Crippen LogP contribution in [0.25, 0.3) is 0 Å². The van der Waals surface area contributed by atoms with Gasteiger partial charge in [-0.2, -0.15) is 0 Å². The quantitative estimate of drug-likeness (QED) is 0.320. The normalized spacial score (nSPS) is 45.6. The molecule has 5 aliphatic carbocycles. The van der Waals surface area contributed by atoms with Gasteiger partial charge < -0.3 is 19.3 Å². The molecule has 2 aliphatic heterocycles. The van der Waals surface area contributed by atoms with Gasteiger partial charge in [0.2, 0.25) is 0 Å². The van der Waals surface area contributed by atoms with Crippen molar-refractivity contribution in [3.05, 3.63) is 22.3 Å². The number of hydrogen-bond donors (Lipinski definition) is 1. The minimum Gasteiger partial charge on any atom is -0.493 e. The Labute approximate surface area is 291 Å². The van der Waals surface area contributed by atoms with Crippen LogP contribution in [-0.4, -0.2) is 59.7 Å². The van der Waals surface area contributed by atoms with Crippen LogP contribution in [0.1, 0.15) is 136 Å². The van der Waals surface area contributed by atoms with E-state index in [2.05, 4.69) is 81.1 Å². The zero-order chi connectivity index (χ0) is 37.5. The van der Waals surface area contributed by atoms with E-state index >= 15 is 0 Å². The standard InChI is InChI=1S/C42H67NO4/c1-18-35(7,8)39(15,44)32-26(6)40-20-23(3)41(32,46-17)34-42(40)29-28(24(4)25(5)30(45-16)31(29)47-34)36(9,10)33(40)43(21-27-19-22(27)2)38(13,14)37(42,11)12/h22-23,26-27,32-34,44H,18-21H2,1-17H3/t22?,23?,26-,27?,32-,33-,34+,39+,40?,41+,42+/m1/s1/i15D3. The third kappa shape index (κ3) is 3.20. The summed E-state index contributed by atoms with van der Waals surface area (Å²) < 4.78 is 48.8. The number of methoxy groups -OCH3 is 2. The maximum Gasteiger partial charge on any atom is 0.166 e. The number of ether oxygens (including phenoxy) is 3. The van der Waals surface area contributed by atoms with Gasteiger partial charge in [-0.05, 0) is 105 Å². The van der Waals surface area contributed by atoms with Gasteiger partial charge in [0, 0.05) is 51.7 Å². The second-order valence-electron chi connectivity index (χ2n) is 19.6. The van der Waals surface area contributed by atoms with Crippen LogP contribution in [0.5, 0.6) is 11.5 Å². The SMILES string of the molecule is [2H]C([2H])([2H])[C@](O)([C@H]1[C@@H](C)C23CC(C)[C@@]1(OC)[C@@H]1Oc4c(OC)c(C)c(C)c5c4[C@@]12C(C)(C)C(C)(C)N(CC1CC1C)[C@@H]3C5(C)C)C(C)(C)CC. The lowest BCUT2D eigenvalue weighted by atomic mass is 9.22. The molecule has 2 heterocycles. The maximum absolute atomic E-state index is 13.5. The second kappa shape index (κ2) is 9.32. The second-order valence-corrected chi connectivity index (χ2v) is 19.6. The van der Waals surface area contributed by atoms with E-state index in [1.165, 1.54) is 23.1 Å². The molecule has 4 unspecified atom stereocenters. The number of hydrogen-bond acceptors (Lipinski definition) is 5. The van der Waals surface area contributed by atoms with Crippen molar-refractivity contribution < 1.29 is 23.4 Å². The monoisotopic (exact) mass is 653 g/mol. The van der Waals surface area contributed by atoms with Crippen LogP contribution in [0.2, 0.25) is 0 Å². The fourth-order valence-electron chi connectivity index (χ4n) is 14.0. The van der Waals surface area contributed by atoms with Crippen molar-refractivity contribution in [1.82, 2.24) is 4.90 Å². The van der Waals surface area contributed by atoms with Gasteiger partial charge in [-0.3, -0.25) is 4.90 Å². The average molecular weight is 653 g/mol. The van der Waals surface area contributed by atoms with Gasteiger partial charge in [0.25, 0.3) is 0 Å². The third-order valence-electron chi connectivity index (χ3n) is 17.3. The molecule has 5 nitrogen and oxygen atoms in total. The predicted molar refractivity (Wildman–Crippen MR) is 191 cm³/mol. The molecule has 4 saturated carbocycles. The van der Waals surface area contributed by atoms with E-state index in [4.69, 9.17) is 14.2 Å². The molecule has 1 aromatic carbocycles. The molecule has 11 atom stereocenters. The summed E-state index contributed by atoms with van der Waals surface area (Å²) in [6, 6.07) is 0.0579. The Morgan fingerprint density at radius 1 is 1.02 bits per heavy atom. The summed E-state index contributed by atoms with van der Waals surface area (Å²) in [5, 5.41) is 13.5. The van der Waals surface area contributed by atoms with Crippen LogP contribution >= 0.6 is 0 Å². The molecule has 0 aromatic heterocycles. The van der Waals surface area contributed by atoms with E-state index in [-0.39, 0.29) is 34.2 Å². The first-order chi connectivity index (χ1) is 22.8. The van der Waals surface area contributed by atoms with Gasteiger partial charge in [-0.15, -0.1) is 0 Å². The number of nitrogens with zero attached hydrogens (tertiary/aromatic N) is 1. The molecule has 47 heavy (non-hydrogen) atoms. The summed E-state index contributed by atoms with van der Waals surface area (Å²) in [5.74, 6) is 1.87. The molecule has 1 saturated heterocycles. The summed E-state index contributed by atoms with van der Waals surface area (Å²) in [6.07, 6.45) is 2.08. The van der Waals surface area contributed by atoms with Crippen LogP contribution < -0.4 is 9.47 Å². The fraction of sp³-hybridized carbons (Fsp3) is 0.857.